The van der Waals surface area contributed by atoms with Crippen molar-refractivity contribution in [3.05, 3.63) is 24.2 Å². The molecule has 74 valence electrons. The van der Waals surface area contributed by atoms with Crippen LogP contribution >= 0.6 is 0 Å². The van der Waals surface area contributed by atoms with Gasteiger partial charge in [0.25, 0.3) is 0 Å². The van der Waals surface area contributed by atoms with Gasteiger partial charge in [0, 0.05) is 25.3 Å². The second kappa shape index (κ2) is 5.04. The van der Waals surface area contributed by atoms with Gasteiger partial charge in [0.05, 0.1) is 12.5 Å². The fourth-order valence-electron chi connectivity index (χ4n) is 1.28. The molecule has 0 aliphatic heterocycles. The summed E-state index contributed by atoms with van der Waals surface area (Å²) in [7, 11) is 1.70. The van der Waals surface area contributed by atoms with Crippen molar-refractivity contribution >= 4 is 0 Å². The summed E-state index contributed by atoms with van der Waals surface area (Å²) < 4.78 is 9.98. The van der Waals surface area contributed by atoms with E-state index in [0.29, 0.717) is 5.92 Å². The van der Waals surface area contributed by atoms with Crippen LogP contribution in [0, 0.1) is 5.92 Å². The molecule has 1 aromatic rings. The average Bonchev–Trinajstić information content (AvgIpc) is 2.65. The lowest BCUT2D eigenvalue weighted by Gasteiger charge is -2.17. The Balaban J connectivity index is 2.43. The molecule has 2 unspecified atom stereocenters. The minimum absolute atomic E-state index is 0.0499. The summed E-state index contributed by atoms with van der Waals surface area (Å²) in [5, 5.41) is 0. The number of ether oxygens (including phenoxy) is 1. The highest BCUT2D eigenvalue weighted by molar-refractivity contribution is 5.11. The normalized spacial score (nSPS) is 15.6. The molecule has 3 nitrogen and oxygen atoms in total. The van der Waals surface area contributed by atoms with Crippen molar-refractivity contribution in [1.82, 2.24) is 0 Å². The molecule has 0 aromatic carbocycles. The maximum Gasteiger partial charge on any atom is 0.0950 e. The molecule has 1 aromatic heterocycles. The molecule has 0 saturated heterocycles. The summed E-state index contributed by atoms with van der Waals surface area (Å²) in [4.78, 5) is 0. The van der Waals surface area contributed by atoms with Gasteiger partial charge in [-0.3, -0.25) is 0 Å². The van der Waals surface area contributed by atoms with Crippen LogP contribution in [0.1, 0.15) is 24.9 Å². The first-order chi connectivity index (χ1) is 6.25. The van der Waals surface area contributed by atoms with Gasteiger partial charge in [-0.1, -0.05) is 6.92 Å². The molecule has 0 amide bonds. The van der Waals surface area contributed by atoms with Gasteiger partial charge in [0.1, 0.15) is 0 Å². The fraction of sp³-hybridized carbons (Fsp3) is 0.600. The SMILES string of the molecule is COCCC(C)C(N)c1ccoc1. The average molecular weight is 183 g/mol. The molecule has 0 aliphatic rings. The third-order valence-electron chi connectivity index (χ3n) is 2.32. The molecule has 3 heteroatoms. The highest BCUT2D eigenvalue weighted by atomic mass is 16.5. The predicted molar refractivity (Wildman–Crippen MR) is 51.3 cm³/mol. The summed E-state index contributed by atoms with van der Waals surface area (Å²) in [6.45, 7) is 2.88. The first-order valence-corrected chi connectivity index (χ1v) is 4.52. The van der Waals surface area contributed by atoms with E-state index in [1.165, 1.54) is 0 Å². The molecule has 13 heavy (non-hydrogen) atoms. The van der Waals surface area contributed by atoms with E-state index in [9.17, 15) is 0 Å². The third kappa shape index (κ3) is 2.86. The highest BCUT2D eigenvalue weighted by Gasteiger charge is 2.15. The lowest BCUT2D eigenvalue weighted by Crippen LogP contribution is -2.19. The first kappa shape index (κ1) is 10.3. The Morgan fingerprint density at radius 2 is 2.38 bits per heavy atom. The smallest absolute Gasteiger partial charge is 0.0950 e. The maximum atomic E-state index is 6.01. The largest absolute Gasteiger partial charge is 0.472 e. The van der Waals surface area contributed by atoms with Crippen LogP contribution in [0.3, 0.4) is 0 Å². The summed E-state index contributed by atoms with van der Waals surface area (Å²) in [5.74, 6) is 0.414. The van der Waals surface area contributed by atoms with Crippen molar-refractivity contribution in [2.75, 3.05) is 13.7 Å². The lowest BCUT2D eigenvalue weighted by atomic mass is 9.95. The monoisotopic (exact) mass is 183 g/mol. The zero-order valence-electron chi connectivity index (χ0n) is 8.19. The number of methoxy groups -OCH3 is 1. The van der Waals surface area contributed by atoms with E-state index in [0.717, 1.165) is 18.6 Å². The Bertz CT molecular complexity index is 221. The molecule has 0 saturated carbocycles. The van der Waals surface area contributed by atoms with E-state index < -0.39 is 0 Å². The van der Waals surface area contributed by atoms with E-state index in [1.54, 1.807) is 19.6 Å². The summed E-state index contributed by atoms with van der Waals surface area (Å²) in [6.07, 6.45) is 4.33. The van der Waals surface area contributed by atoms with Crippen molar-refractivity contribution in [3.63, 3.8) is 0 Å². The number of hydrogen-bond acceptors (Lipinski definition) is 3. The second-order valence-corrected chi connectivity index (χ2v) is 3.34. The van der Waals surface area contributed by atoms with Crippen LogP contribution in [-0.4, -0.2) is 13.7 Å². The minimum atomic E-state index is 0.0499. The highest BCUT2D eigenvalue weighted by Crippen LogP contribution is 2.21. The third-order valence-corrected chi connectivity index (χ3v) is 2.32. The van der Waals surface area contributed by atoms with Crippen LogP contribution in [0.5, 0.6) is 0 Å². The number of hydrogen-bond donors (Lipinski definition) is 1. The van der Waals surface area contributed by atoms with Crippen molar-refractivity contribution in [1.29, 1.82) is 0 Å². The Kier molecular flexibility index (Phi) is 3.99. The predicted octanol–water partition coefficient (Wildman–Crippen LogP) is 1.95. The number of nitrogens with two attached hydrogens (primary N) is 1. The number of rotatable bonds is 5. The van der Waals surface area contributed by atoms with Gasteiger partial charge < -0.3 is 14.9 Å². The molecule has 0 fully saturated rings. The van der Waals surface area contributed by atoms with Gasteiger partial charge in [-0.15, -0.1) is 0 Å². The Morgan fingerprint density at radius 3 is 2.92 bits per heavy atom. The van der Waals surface area contributed by atoms with Crippen LogP contribution in [0.15, 0.2) is 23.0 Å². The zero-order chi connectivity index (χ0) is 9.68. The van der Waals surface area contributed by atoms with E-state index in [-0.39, 0.29) is 6.04 Å². The topological polar surface area (TPSA) is 48.4 Å². The van der Waals surface area contributed by atoms with Crippen LogP contribution in [0.4, 0.5) is 0 Å². The summed E-state index contributed by atoms with van der Waals surface area (Å²) >= 11 is 0. The molecule has 2 N–H and O–H groups in total. The molecule has 0 aliphatic carbocycles. The van der Waals surface area contributed by atoms with E-state index >= 15 is 0 Å². The molecule has 0 radical (unpaired) electrons. The van der Waals surface area contributed by atoms with E-state index in [2.05, 4.69) is 6.92 Å². The first-order valence-electron chi connectivity index (χ1n) is 4.52. The minimum Gasteiger partial charge on any atom is -0.472 e. The molecule has 2 atom stereocenters. The quantitative estimate of drug-likeness (QED) is 0.759. The van der Waals surface area contributed by atoms with Crippen molar-refractivity contribution in [2.24, 2.45) is 11.7 Å². The number of furan rings is 1. The van der Waals surface area contributed by atoms with Crippen molar-refractivity contribution in [3.8, 4) is 0 Å². The van der Waals surface area contributed by atoms with E-state index in [1.807, 2.05) is 6.07 Å². The van der Waals surface area contributed by atoms with Crippen LogP contribution in [-0.2, 0) is 4.74 Å². The molecular weight excluding hydrogens is 166 g/mol. The Labute approximate surface area is 78.9 Å². The van der Waals surface area contributed by atoms with Gasteiger partial charge in [0.2, 0.25) is 0 Å². The lowest BCUT2D eigenvalue weighted by molar-refractivity contribution is 0.174. The van der Waals surface area contributed by atoms with Crippen LogP contribution in [0.25, 0.3) is 0 Å². The Hall–Kier alpha value is -0.800. The second-order valence-electron chi connectivity index (χ2n) is 3.34. The van der Waals surface area contributed by atoms with Gasteiger partial charge in [-0.2, -0.15) is 0 Å². The molecule has 1 heterocycles. The standard InChI is InChI=1S/C10H17NO2/c1-8(3-5-12-2)10(11)9-4-6-13-7-9/h4,6-8,10H,3,5,11H2,1-2H3. The molecule has 1 rings (SSSR count). The van der Waals surface area contributed by atoms with Gasteiger partial charge in [-0.05, 0) is 18.4 Å². The molecule has 0 bridgehead atoms. The maximum absolute atomic E-state index is 6.01. The zero-order valence-corrected chi connectivity index (χ0v) is 8.19. The Morgan fingerprint density at radius 1 is 1.62 bits per heavy atom. The molecule has 0 spiro atoms. The van der Waals surface area contributed by atoms with Crippen LogP contribution in [0.2, 0.25) is 0 Å². The van der Waals surface area contributed by atoms with Gasteiger partial charge in [-0.25, -0.2) is 0 Å². The van der Waals surface area contributed by atoms with Gasteiger partial charge >= 0.3 is 0 Å². The van der Waals surface area contributed by atoms with Crippen molar-refractivity contribution < 1.29 is 9.15 Å². The van der Waals surface area contributed by atoms with Gasteiger partial charge in [0.15, 0.2) is 0 Å². The van der Waals surface area contributed by atoms with Crippen molar-refractivity contribution in [2.45, 2.75) is 19.4 Å². The summed E-state index contributed by atoms with van der Waals surface area (Å²) in [5.41, 5.74) is 7.07. The van der Waals surface area contributed by atoms with E-state index in [4.69, 9.17) is 14.9 Å². The fourth-order valence-corrected chi connectivity index (χ4v) is 1.28. The molecular formula is C10H17NO2. The summed E-state index contributed by atoms with van der Waals surface area (Å²) in [6, 6.07) is 1.96. The van der Waals surface area contributed by atoms with Crippen LogP contribution < -0.4 is 5.73 Å².